The molecule has 119 valence electrons. The van der Waals surface area contributed by atoms with E-state index in [-0.39, 0.29) is 24.0 Å². The Morgan fingerprint density at radius 1 is 1.26 bits per heavy atom. The van der Waals surface area contributed by atoms with E-state index in [1.807, 2.05) is 44.2 Å². The fourth-order valence-corrected chi connectivity index (χ4v) is 1.86. The van der Waals surface area contributed by atoms with Crippen LogP contribution in [-0.2, 0) is 29.9 Å². The molecule has 0 saturated heterocycles. The van der Waals surface area contributed by atoms with Gasteiger partial charge in [0.25, 0.3) is 0 Å². The third-order valence-corrected chi connectivity index (χ3v) is 3.06. The molecule has 0 saturated carbocycles. The Hall–Kier alpha value is -1.73. The number of rotatable bonds is 4. The van der Waals surface area contributed by atoms with Crippen LogP contribution in [0, 0.1) is 29.1 Å². The molecule has 0 fully saturated rings. The van der Waals surface area contributed by atoms with Crippen LogP contribution in [0.5, 0.6) is 0 Å². The first-order valence-corrected chi connectivity index (χ1v) is 7.08. The summed E-state index contributed by atoms with van der Waals surface area (Å²) < 4.78 is 18.7. The van der Waals surface area contributed by atoms with E-state index in [0.717, 1.165) is 5.56 Å². The number of hydrogen-bond acceptors (Lipinski definition) is 2. The maximum atomic E-state index is 12.9. The van der Waals surface area contributed by atoms with Gasteiger partial charge in [0.05, 0.1) is 13.2 Å². The Balaban J connectivity index is 0.00000264. The Kier molecular flexibility index (Phi) is 7.38. The van der Waals surface area contributed by atoms with Crippen molar-refractivity contribution in [2.24, 2.45) is 5.41 Å². The van der Waals surface area contributed by atoms with E-state index in [9.17, 15) is 4.39 Å². The quantitative estimate of drug-likeness (QED) is 0.519. The van der Waals surface area contributed by atoms with Crippen molar-refractivity contribution in [2.75, 3.05) is 12.3 Å². The fourth-order valence-electron chi connectivity index (χ4n) is 1.86. The van der Waals surface area contributed by atoms with Crippen molar-refractivity contribution in [3.63, 3.8) is 0 Å². The molecule has 2 aromatic rings. The van der Waals surface area contributed by atoms with Gasteiger partial charge in [-0.3, -0.25) is 0 Å². The van der Waals surface area contributed by atoms with E-state index >= 15 is 0 Å². The number of nitrogens with two attached hydrogens (primary N) is 1. The van der Waals surface area contributed by atoms with Gasteiger partial charge < -0.3 is 10.5 Å². The van der Waals surface area contributed by atoms with Gasteiger partial charge in [0.15, 0.2) is 0 Å². The third-order valence-electron chi connectivity index (χ3n) is 3.06. The number of nitrogen functional groups attached to an aromatic ring is 1. The van der Waals surface area contributed by atoms with E-state index in [0.29, 0.717) is 24.5 Å². The SMILES string of the molecule is CC(C)(C#Cc1c[c-]c(F)cc1N)COCc1ccccc1.[V]. The standard InChI is InChI=1S/C19H19FNO.V/c1-19(2,14-22-13-15-6-4-3-5-7-15)11-10-16-8-9-17(20)12-18(16)21;/h3-8,12H,13-14,21H2,1-2H3;/q-1;. The average Bonchev–Trinajstić information content (AvgIpc) is 2.47. The molecule has 0 aliphatic heterocycles. The minimum Gasteiger partial charge on any atom is -0.418 e. The minimum absolute atomic E-state index is 0. The smallest absolute Gasteiger partial charge is 0.0717 e. The topological polar surface area (TPSA) is 35.2 Å². The first-order chi connectivity index (χ1) is 10.5. The molecule has 0 spiro atoms. The minimum atomic E-state index is -0.478. The maximum Gasteiger partial charge on any atom is 0.0717 e. The van der Waals surface area contributed by atoms with Gasteiger partial charge in [-0.25, -0.2) is 4.39 Å². The summed E-state index contributed by atoms with van der Waals surface area (Å²) in [5.74, 6) is 5.62. The van der Waals surface area contributed by atoms with E-state index in [1.54, 1.807) is 0 Å². The van der Waals surface area contributed by atoms with Crippen LogP contribution in [0.3, 0.4) is 0 Å². The van der Waals surface area contributed by atoms with Gasteiger partial charge in [0.2, 0.25) is 0 Å². The van der Waals surface area contributed by atoms with Gasteiger partial charge in [-0.05, 0) is 19.4 Å². The first-order valence-electron chi connectivity index (χ1n) is 7.08. The van der Waals surface area contributed by atoms with Gasteiger partial charge in [0, 0.05) is 29.8 Å². The molecule has 0 unspecified atom stereocenters. The van der Waals surface area contributed by atoms with E-state index in [4.69, 9.17) is 10.5 Å². The van der Waals surface area contributed by atoms with Crippen LogP contribution in [0.15, 0.2) is 42.5 Å². The number of hydrogen-bond donors (Lipinski definition) is 1. The molecule has 2 N–H and O–H groups in total. The van der Waals surface area contributed by atoms with Crippen molar-refractivity contribution >= 4 is 5.69 Å². The summed E-state index contributed by atoms with van der Waals surface area (Å²) in [5.41, 5.74) is 7.44. The predicted molar refractivity (Wildman–Crippen MR) is 86.4 cm³/mol. The van der Waals surface area contributed by atoms with Crippen molar-refractivity contribution in [3.8, 4) is 11.8 Å². The number of anilines is 1. The normalized spacial score (nSPS) is 10.4. The molecule has 23 heavy (non-hydrogen) atoms. The summed E-state index contributed by atoms with van der Waals surface area (Å²) in [6, 6.07) is 15.1. The second-order valence-electron chi connectivity index (χ2n) is 5.76. The molecule has 0 aliphatic carbocycles. The number of ether oxygens (including phenoxy) is 1. The largest absolute Gasteiger partial charge is 0.418 e. The van der Waals surface area contributed by atoms with Crippen LogP contribution >= 0.6 is 0 Å². The molecule has 2 aromatic carbocycles. The van der Waals surface area contributed by atoms with Gasteiger partial charge in [-0.2, -0.15) is 6.07 Å². The second-order valence-corrected chi connectivity index (χ2v) is 5.76. The molecule has 0 heterocycles. The van der Waals surface area contributed by atoms with Crippen molar-refractivity contribution in [2.45, 2.75) is 20.5 Å². The second kappa shape index (κ2) is 8.79. The molecular formula is C19H19FNOV-. The molecule has 2 nitrogen and oxygen atoms in total. The van der Waals surface area contributed by atoms with Crippen LogP contribution in [0.4, 0.5) is 10.1 Å². The molecule has 0 aromatic heterocycles. The first kappa shape index (κ1) is 19.3. The van der Waals surface area contributed by atoms with Crippen molar-refractivity contribution in [1.82, 2.24) is 0 Å². The molecular weight excluding hydrogens is 328 g/mol. The summed E-state index contributed by atoms with van der Waals surface area (Å²) in [6.45, 7) is 5.04. The van der Waals surface area contributed by atoms with Crippen molar-refractivity contribution in [3.05, 3.63) is 65.5 Å². The van der Waals surface area contributed by atoms with E-state index in [1.165, 1.54) is 12.1 Å². The van der Waals surface area contributed by atoms with Crippen molar-refractivity contribution in [1.29, 1.82) is 0 Å². The average molecular weight is 347 g/mol. The molecule has 4 heteroatoms. The molecule has 2 rings (SSSR count). The number of benzene rings is 2. The maximum absolute atomic E-state index is 12.9. The molecule has 0 amide bonds. The summed E-state index contributed by atoms with van der Waals surface area (Å²) in [5, 5.41) is 0. The zero-order valence-electron chi connectivity index (χ0n) is 13.3. The van der Waals surface area contributed by atoms with Crippen molar-refractivity contribution < 1.29 is 27.7 Å². The van der Waals surface area contributed by atoms with Gasteiger partial charge in [-0.1, -0.05) is 41.6 Å². The fraction of sp³-hybridized carbons (Fsp3) is 0.263. The monoisotopic (exact) mass is 347 g/mol. The zero-order chi connectivity index (χ0) is 16.0. The summed E-state index contributed by atoms with van der Waals surface area (Å²) in [4.78, 5) is 0. The van der Waals surface area contributed by atoms with Gasteiger partial charge in [0.1, 0.15) is 0 Å². The Morgan fingerprint density at radius 2 is 1.96 bits per heavy atom. The van der Waals surface area contributed by atoms with E-state index < -0.39 is 5.82 Å². The van der Waals surface area contributed by atoms with Gasteiger partial charge >= 0.3 is 0 Å². The molecule has 0 bridgehead atoms. The molecule has 1 radical (unpaired) electrons. The van der Waals surface area contributed by atoms with Crippen LogP contribution < -0.4 is 5.73 Å². The summed E-state index contributed by atoms with van der Waals surface area (Å²) in [7, 11) is 0. The molecule has 0 atom stereocenters. The van der Waals surface area contributed by atoms with Crippen LogP contribution in [0.1, 0.15) is 25.0 Å². The Bertz CT molecular complexity index is 690. The van der Waals surface area contributed by atoms with Crippen LogP contribution in [-0.4, -0.2) is 6.61 Å². The van der Waals surface area contributed by atoms with Crippen LogP contribution in [0.2, 0.25) is 0 Å². The van der Waals surface area contributed by atoms with Crippen LogP contribution in [0.25, 0.3) is 0 Å². The zero-order valence-corrected chi connectivity index (χ0v) is 14.7. The number of halogens is 1. The summed E-state index contributed by atoms with van der Waals surface area (Å²) in [6.07, 6.45) is 0. The third kappa shape index (κ3) is 6.50. The predicted octanol–water partition coefficient (Wildman–Crippen LogP) is 3.80. The molecule has 0 aliphatic rings. The Labute approximate surface area is 149 Å². The van der Waals surface area contributed by atoms with E-state index in [2.05, 4.69) is 17.9 Å². The van der Waals surface area contributed by atoms with Gasteiger partial charge in [-0.15, -0.1) is 24.0 Å². The Morgan fingerprint density at radius 3 is 2.61 bits per heavy atom. The summed E-state index contributed by atoms with van der Waals surface area (Å²) >= 11 is 0.